The lowest BCUT2D eigenvalue weighted by atomic mass is 10.0. The lowest BCUT2D eigenvalue weighted by molar-refractivity contribution is 0.162. The van der Waals surface area contributed by atoms with Crippen LogP contribution in [0.25, 0.3) is 11.3 Å². The van der Waals surface area contributed by atoms with Crippen molar-refractivity contribution >= 4 is 11.6 Å². The predicted molar refractivity (Wildman–Crippen MR) is 96.9 cm³/mol. The molecule has 1 aliphatic carbocycles. The van der Waals surface area contributed by atoms with Crippen molar-refractivity contribution in [2.45, 2.75) is 44.6 Å². The summed E-state index contributed by atoms with van der Waals surface area (Å²) in [6.45, 7) is 4.12. The third kappa shape index (κ3) is 3.05. The molecule has 0 atom stereocenters. The summed E-state index contributed by atoms with van der Waals surface area (Å²) in [5.74, 6) is 1.61. The Hall–Kier alpha value is -1.52. The SMILES string of the molecule is Cc1cc(Cl)cc(-c2c(C3CC3)cnn2C)c1OC1CCNCC1. The maximum absolute atomic E-state index is 6.47. The largest absolute Gasteiger partial charge is 0.489 e. The Bertz CT molecular complexity index is 745. The molecule has 2 fully saturated rings. The van der Waals surface area contributed by atoms with Crippen molar-refractivity contribution in [3.05, 3.63) is 34.5 Å². The summed E-state index contributed by atoms with van der Waals surface area (Å²) in [4.78, 5) is 0. The van der Waals surface area contributed by atoms with E-state index in [1.807, 2.05) is 30.1 Å². The summed E-state index contributed by atoms with van der Waals surface area (Å²) < 4.78 is 8.43. The Morgan fingerprint density at radius 3 is 2.67 bits per heavy atom. The minimum absolute atomic E-state index is 0.266. The maximum atomic E-state index is 6.47. The molecule has 2 heterocycles. The van der Waals surface area contributed by atoms with Crippen molar-refractivity contribution in [2.75, 3.05) is 13.1 Å². The van der Waals surface area contributed by atoms with Gasteiger partial charge in [0.2, 0.25) is 0 Å². The molecule has 0 radical (unpaired) electrons. The molecule has 1 N–H and O–H groups in total. The number of nitrogens with one attached hydrogen (secondary N) is 1. The van der Waals surface area contributed by atoms with Crippen LogP contribution in [0.3, 0.4) is 0 Å². The van der Waals surface area contributed by atoms with E-state index in [-0.39, 0.29) is 6.10 Å². The molecule has 1 saturated heterocycles. The molecule has 24 heavy (non-hydrogen) atoms. The summed E-state index contributed by atoms with van der Waals surface area (Å²) >= 11 is 6.39. The van der Waals surface area contributed by atoms with E-state index in [4.69, 9.17) is 16.3 Å². The lowest BCUT2D eigenvalue weighted by Crippen LogP contribution is -2.34. The molecule has 4 nitrogen and oxygen atoms in total. The second-order valence-corrected chi connectivity index (χ2v) is 7.45. The van der Waals surface area contributed by atoms with Crippen LogP contribution in [0.4, 0.5) is 0 Å². The Kier molecular flexibility index (Phi) is 4.27. The summed E-state index contributed by atoms with van der Waals surface area (Å²) in [6.07, 6.45) is 6.87. The topological polar surface area (TPSA) is 39.1 Å². The van der Waals surface area contributed by atoms with E-state index < -0.39 is 0 Å². The fourth-order valence-corrected chi connectivity index (χ4v) is 3.89. The van der Waals surface area contributed by atoms with Gasteiger partial charge >= 0.3 is 0 Å². The van der Waals surface area contributed by atoms with Gasteiger partial charge in [0.1, 0.15) is 11.9 Å². The molecule has 128 valence electrons. The fourth-order valence-electron chi connectivity index (χ4n) is 3.62. The quantitative estimate of drug-likeness (QED) is 0.908. The van der Waals surface area contributed by atoms with Crippen LogP contribution < -0.4 is 10.1 Å². The van der Waals surface area contributed by atoms with E-state index in [1.54, 1.807) is 0 Å². The highest BCUT2D eigenvalue weighted by molar-refractivity contribution is 6.31. The highest BCUT2D eigenvalue weighted by Crippen LogP contribution is 2.47. The lowest BCUT2D eigenvalue weighted by Gasteiger charge is -2.26. The number of aromatic nitrogens is 2. The molecule has 2 aromatic rings. The number of aryl methyl sites for hydroxylation is 2. The molecule has 4 rings (SSSR count). The Balaban J connectivity index is 1.78. The van der Waals surface area contributed by atoms with Crippen LogP contribution in [0, 0.1) is 6.92 Å². The summed E-state index contributed by atoms with van der Waals surface area (Å²) in [5.41, 5.74) is 4.67. The van der Waals surface area contributed by atoms with Gasteiger partial charge < -0.3 is 10.1 Å². The van der Waals surface area contributed by atoms with Gasteiger partial charge in [0, 0.05) is 23.2 Å². The monoisotopic (exact) mass is 345 g/mol. The van der Waals surface area contributed by atoms with E-state index in [0.29, 0.717) is 5.92 Å². The number of piperidine rings is 1. The average molecular weight is 346 g/mol. The van der Waals surface area contributed by atoms with Crippen LogP contribution in [0.1, 0.15) is 42.7 Å². The highest BCUT2D eigenvalue weighted by atomic mass is 35.5. The van der Waals surface area contributed by atoms with E-state index in [1.165, 1.54) is 18.4 Å². The van der Waals surface area contributed by atoms with Gasteiger partial charge in [-0.15, -0.1) is 0 Å². The zero-order valence-corrected chi connectivity index (χ0v) is 15.1. The number of benzene rings is 1. The third-order valence-electron chi connectivity index (χ3n) is 5.05. The van der Waals surface area contributed by atoms with E-state index >= 15 is 0 Å². The first-order valence-electron chi connectivity index (χ1n) is 8.83. The second-order valence-electron chi connectivity index (χ2n) is 7.01. The molecular formula is C19H24ClN3O. The van der Waals surface area contributed by atoms with Gasteiger partial charge in [0.15, 0.2) is 0 Å². The number of ether oxygens (including phenoxy) is 1. The summed E-state index contributed by atoms with van der Waals surface area (Å²) in [7, 11) is 2.01. The Labute approximate surface area is 148 Å². The summed E-state index contributed by atoms with van der Waals surface area (Å²) in [5, 5.41) is 8.65. The molecule has 1 aliphatic heterocycles. The van der Waals surface area contributed by atoms with Gasteiger partial charge in [-0.05, 0) is 69.3 Å². The maximum Gasteiger partial charge on any atom is 0.132 e. The first kappa shape index (κ1) is 16.0. The average Bonchev–Trinajstić information content (AvgIpc) is 3.34. The van der Waals surface area contributed by atoms with Crippen LogP contribution in [-0.2, 0) is 7.05 Å². The smallest absolute Gasteiger partial charge is 0.132 e. The van der Waals surface area contributed by atoms with Crippen molar-refractivity contribution < 1.29 is 4.74 Å². The zero-order chi connectivity index (χ0) is 16.7. The van der Waals surface area contributed by atoms with Gasteiger partial charge in [0.25, 0.3) is 0 Å². The number of hydrogen-bond acceptors (Lipinski definition) is 3. The van der Waals surface area contributed by atoms with E-state index in [2.05, 4.69) is 17.3 Å². The van der Waals surface area contributed by atoms with E-state index in [9.17, 15) is 0 Å². The highest BCUT2D eigenvalue weighted by Gasteiger charge is 2.30. The molecule has 5 heteroatoms. The Morgan fingerprint density at radius 1 is 1.21 bits per heavy atom. The molecule has 1 aromatic heterocycles. The van der Waals surface area contributed by atoms with Crippen molar-refractivity contribution in [3.8, 4) is 17.0 Å². The van der Waals surface area contributed by atoms with E-state index in [0.717, 1.165) is 53.5 Å². The van der Waals surface area contributed by atoms with Gasteiger partial charge in [-0.1, -0.05) is 11.6 Å². The van der Waals surface area contributed by atoms with Crippen LogP contribution in [-0.4, -0.2) is 29.0 Å². The Morgan fingerprint density at radius 2 is 1.96 bits per heavy atom. The fraction of sp³-hybridized carbons (Fsp3) is 0.526. The molecule has 1 aromatic carbocycles. The minimum atomic E-state index is 0.266. The standard InChI is InChI=1S/C19H24ClN3O/c1-12-9-14(20)10-16(19(12)24-15-5-7-21-8-6-15)18-17(13-3-4-13)11-22-23(18)2/h9-11,13,15,21H,3-8H2,1-2H3. The molecule has 0 unspecified atom stereocenters. The molecule has 0 bridgehead atoms. The number of rotatable bonds is 4. The number of hydrogen-bond donors (Lipinski definition) is 1. The minimum Gasteiger partial charge on any atom is -0.489 e. The van der Waals surface area contributed by atoms with Crippen LogP contribution in [0.2, 0.25) is 5.02 Å². The van der Waals surface area contributed by atoms with Gasteiger partial charge in [-0.2, -0.15) is 5.10 Å². The second kappa shape index (κ2) is 6.41. The zero-order valence-electron chi connectivity index (χ0n) is 14.3. The first-order chi connectivity index (χ1) is 11.6. The molecular weight excluding hydrogens is 322 g/mol. The predicted octanol–water partition coefficient (Wildman–Crippen LogP) is 4.06. The first-order valence-corrected chi connectivity index (χ1v) is 9.21. The van der Waals surface area contributed by atoms with Gasteiger partial charge in [-0.25, -0.2) is 0 Å². The van der Waals surface area contributed by atoms with Crippen LogP contribution >= 0.6 is 11.6 Å². The molecule has 1 saturated carbocycles. The molecule has 0 spiro atoms. The van der Waals surface area contributed by atoms with Crippen LogP contribution in [0.5, 0.6) is 5.75 Å². The van der Waals surface area contributed by atoms with Crippen molar-refractivity contribution in [3.63, 3.8) is 0 Å². The van der Waals surface area contributed by atoms with Crippen molar-refractivity contribution in [1.82, 2.24) is 15.1 Å². The normalized spacial score (nSPS) is 18.8. The number of halogens is 1. The van der Waals surface area contributed by atoms with Crippen molar-refractivity contribution in [1.29, 1.82) is 0 Å². The van der Waals surface area contributed by atoms with Crippen molar-refractivity contribution in [2.24, 2.45) is 7.05 Å². The van der Waals surface area contributed by atoms with Gasteiger partial charge in [0.05, 0.1) is 11.9 Å². The molecule has 2 aliphatic rings. The molecule has 0 amide bonds. The number of nitrogens with zero attached hydrogens (tertiary/aromatic N) is 2. The third-order valence-corrected chi connectivity index (χ3v) is 5.27. The summed E-state index contributed by atoms with van der Waals surface area (Å²) in [6, 6.07) is 4.03. The van der Waals surface area contributed by atoms with Crippen LogP contribution in [0.15, 0.2) is 18.3 Å². The van der Waals surface area contributed by atoms with Gasteiger partial charge in [-0.3, -0.25) is 4.68 Å².